The molecular weight excluding hydrogens is 320 g/mol. The van der Waals surface area contributed by atoms with Gasteiger partial charge in [-0.2, -0.15) is 4.98 Å². The first kappa shape index (κ1) is 15.7. The third kappa shape index (κ3) is 2.99. The molecule has 0 spiro atoms. The van der Waals surface area contributed by atoms with E-state index in [0.29, 0.717) is 23.8 Å². The summed E-state index contributed by atoms with van der Waals surface area (Å²) in [7, 11) is 0. The molecule has 130 valence electrons. The molecule has 0 bridgehead atoms. The average molecular weight is 340 g/mol. The van der Waals surface area contributed by atoms with Crippen LogP contribution in [-0.2, 0) is 0 Å². The lowest BCUT2D eigenvalue weighted by Crippen LogP contribution is -2.39. The molecule has 1 amide bonds. The zero-order valence-corrected chi connectivity index (χ0v) is 14.3. The monoisotopic (exact) mass is 340 g/mol. The lowest BCUT2D eigenvalue weighted by molar-refractivity contribution is 0.0703. The number of fused-ring (bicyclic) bond motifs is 1. The number of piperidine rings is 1. The Morgan fingerprint density at radius 1 is 1.36 bits per heavy atom. The molecule has 0 radical (unpaired) electrons. The van der Waals surface area contributed by atoms with Crippen molar-refractivity contribution in [2.75, 3.05) is 13.1 Å². The third-order valence-corrected chi connectivity index (χ3v) is 4.56. The molecular formula is C17H20N6O2. The normalized spacial score (nSPS) is 18.2. The molecule has 0 unspecified atom stereocenters. The summed E-state index contributed by atoms with van der Waals surface area (Å²) in [5.74, 6) is 1.69. The summed E-state index contributed by atoms with van der Waals surface area (Å²) in [6.45, 7) is 5.39. The Hall–Kier alpha value is -2.77. The van der Waals surface area contributed by atoms with E-state index in [4.69, 9.17) is 4.52 Å². The van der Waals surface area contributed by atoms with E-state index in [2.05, 4.69) is 20.3 Å². The molecule has 0 aromatic carbocycles. The molecule has 3 aromatic rings. The van der Waals surface area contributed by atoms with Crippen molar-refractivity contribution in [2.24, 2.45) is 0 Å². The minimum atomic E-state index is 0.00729. The van der Waals surface area contributed by atoms with Crippen molar-refractivity contribution >= 4 is 11.6 Å². The number of carbonyl (C=O) groups is 1. The Balaban J connectivity index is 1.52. The topological polar surface area (TPSA) is 89.4 Å². The third-order valence-electron chi connectivity index (χ3n) is 4.56. The Kier molecular flexibility index (Phi) is 3.95. The Labute approximate surface area is 144 Å². The summed E-state index contributed by atoms with van der Waals surface area (Å²) < 4.78 is 7.07. The van der Waals surface area contributed by atoms with Gasteiger partial charge in [0.15, 0.2) is 11.5 Å². The zero-order valence-electron chi connectivity index (χ0n) is 14.3. The van der Waals surface area contributed by atoms with Crippen molar-refractivity contribution in [1.29, 1.82) is 0 Å². The van der Waals surface area contributed by atoms with Gasteiger partial charge < -0.3 is 9.42 Å². The number of hydrogen-bond acceptors (Lipinski definition) is 6. The molecule has 4 heterocycles. The lowest BCUT2D eigenvalue weighted by atomic mass is 9.97. The standard InChI is InChI=1S/C17H20N6O2/c1-11(2)16-19-15(21-25-16)12-4-3-7-22(8-12)17(24)13-5-6-14-20-18-10-23(14)9-13/h5-6,9-12H,3-4,7-8H2,1-2H3/t12-/m1/s1. The van der Waals surface area contributed by atoms with Gasteiger partial charge in [-0.3, -0.25) is 9.20 Å². The average Bonchev–Trinajstić information content (AvgIpc) is 3.30. The van der Waals surface area contributed by atoms with Gasteiger partial charge in [-0.25, -0.2) is 0 Å². The van der Waals surface area contributed by atoms with E-state index >= 15 is 0 Å². The minimum Gasteiger partial charge on any atom is -0.339 e. The van der Waals surface area contributed by atoms with Crippen molar-refractivity contribution in [3.8, 4) is 0 Å². The molecule has 4 rings (SSSR count). The minimum absolute atomic E-state index is 0.00729. The van der Waals surface area contributed by atoms with Gasteiger partial charge in [0.05, 0.1) is 5.56 Å². The predicted octanol–water partition coefficient (Wildman–Crippen LogP) is 2.26. The van der Waals surface area contributed by atoms with E-state index < -0.39 is 0 Å². The number of likely N-dealkylation sites (tertiary alicyclic amines) is 1. The van der Waals surface area contributed by atoms with E-state index in [0.717, 1.165) is 25.0 Å². The number of hydrogen-bond donors (Lipinski definition) is 0. The van der Waals surface area contributed by atoms with Gasteiger partial charge in [0.1, 0.15) is 6.33 Å². The van der Waals surface area contributed by atoms with Gasteiger partial charge in [-0.05, 0) is 25.0 Å². The van der Waals surface area contributed by atoms with E-state index in [1.54, 1.807) is 29.1 Å². The van der Waals surface area contributed by atoms with Crippen molar-refractivity contribution in [3.05, 3.63) is 41.9 Å². The van der Waals surface area contributed by atoms with Crippen LogP contribution >= 0.6 is 0 Å². The van der Waals surface area contributed by atoms with Crippen molar-refractivity contribution in [2.45, 2.75) is 38.5 Å². The second-order valence-electron chi connectivity index (χ2n) is 6.75. The van der Waals surface area contributed by atoms with Crippen LogP contribution in [0.15, 0.2) is 29.2 Å². The highest BCUT2D eigenvalue weighted by atomic mass is 16.5. The summed E-state index contributed by atoms with van der Waals surface area (Å²) >= 11 is 0. The fraction of sp³-hybridized carbons (Fsp3) is 0.471. The largest absolute Gasteiger partial charge is 0.339 e. The van der Waals surface area contributed by atoms with E-state index in [9.17, 15) is 4.79 Å². The molecule has 0 aliphatic carbocycles. The summed E-state index contributed by atoms with van der Waals surface area (Å²) in [4.78, 5) is 19.2. The van der Waals surface area contributed by atoms with Crippen molar-refractivity contribution in [1.82, 2.24) is 29.6 Å². The molecule has 1 atom stereocenters. The van der Waals surface area contributed by atoms with Crippen molar-refractivity contribution in [3.63, 3.8) is 0 Å². The summed E-state index contributed by atoms with van der Waals surface area (Å²) in [5.41, 5.74) is 1.35. The van der Waals surface area contributed by atoms with Crippen LogP contribution in [0.4, 0.5) is 0 Å². The predicted molar refractivity (Wildman–Crippen MR) is 89.3 cm³/mol. The Morgan fingerprint density at radius 2 is 2.24 bits per heavy atom. The molecule has 1 fully saturated rings. The molecule has 0 N–H and O–H groups in total. The fourth-order valence-electron chi connectivity index (χ4n) is 3.16. The molecule has 8 nitrogen and oxygen atoms in total. The van der Waals surface area contributed by atoms with Crippen LogP contribution in [-0.4, -0.2) is 48.6 Å². The fourth-order valence-corrected chi connectivity index (χ4v) is 3.16. The van der Waals surface area contributed by atoms with Gasteiger partial charge in [0, 0.05) is 31.1 Å². The molecule has 1 aliphatic rings. The van der Waals surface area contributed by atoms with Crippen LogP contribution < -0.4 is 0 Å². The number of carbonyl (C=O) groups excluding carboxylic acids is 1. The summed E-state index contributed by atoms with van der Waals surface area (Å²) in [5, 5.41) is 11.9. The first-order chi connectivity index (χ1) is 12.1. The number of aromatic nitrogens is 5. The maximum absolute atomic E-state index is 12.9. The molecule has 1 aliphatic heterocycles. The number of nitrogens with zero attached hydrogens (tertiary/aromatic N) is 6. The smallest absolute Gasteiger partial charge is 0.255 e. The molecule has 8 heteroatoms. The SMILES string of the molecule is CC(C)c1nc([C@@H]2CCCN(C(=O)c3ccc4nncn4c3)C2)no1. The maximum Gasteiger partial charge on any atom is 0.255 e. The number of rotatable bonds is 3. The zero-order chi connectivity index (χ0) is 17.4. The van der Waals surface area contributed by atoms with Crippen LogP contribution in [0.5, 0.6) is 0 Å². The van der Waals surface area contributed by atoms with Crippen LogP contribution in [0.25, 0.3) is 5.65 Å². The second kappa shape index (κ2) is 6.27. The highest BCUT2D eigenvalue weighted by Crippen LogP contribution is 2.27. The molecule has 3 aromatic heterocycles. The quantitative estimate of drug-likeness (QED) is 0.726. The highest BCUT2D eigenvalue weighted by Gasteiger charge is 2.29. The summed E-state index contributed by atoms with van der Waals surface area (Å²) in [6, 6.07) is 3.59. The van der Waals surface area contributed by atoms with Gasteiger partial charge >= 0.3 is 0 Å². The lowest BCUT2D eigenvalue weighted by Gasteiger charge is -2.31. The molecule has 25 heavy (non-hydrogen) atoms. The maximum atomic E-state index is 12.9. The van der Waals surface area contributed by atoms with Crippen LogP contribution in [0.1, 0.15) is 60.6 Å². The number of amides is 1. The first-order valence-corrected chi connectivity index (χ1v) is 8.54. The van der Waals surface area contributed by atoms with E-state index in [1.807, 2.05) is 18.7 Å². The second-order valence-corrected chi connectivity index (χ2v) is 6.75. The van der Waals surface area contributed by atoms with Gasteiger partial charge in [0.25, 0.3) is 5.91 Å². The first-order valence-electron chi connectivity index (χ1n) is 8.54. The Morgan fingerprint density at radius 3 is 3.04 bits per heavy atom. The molecule has 1 saturated heterocycles. The summed E-state index contributed by atoms with van der Waals surface area (Å²) in [6.07, 6.45) is 5.26. The van der Waals surface area contributed by atoms with Crippen LogP contribution in [0.2, 0.25) is 0 Å². The van der Waals surface area contributed by atoms with Crippen molar-refractivity contribution < 1.29 is 9.32 Å². The molecule has 0 saturated carbocycles. The number of pyridine rings is 1. The van der Waals surface area contributed by atoms with Gasteiger partial charge in [0.2, 0.25) is 5.89 Å². The van der Waals surface area contributed by atoms with E-state index in [-0.39, 0.29) is 17.7 Å². The van der Waals surface area contributed by atoms with E-state index in [1.165, 1.54) is 0 Å². The van der Waals surface area contributed by atoms with Crippen LogP contribution in [0.3, 0.4) is 0 Å². The van der Waals surface area contributed by atoms with Crippen LogP contribution in [0, 0.1) is 0 Å². The van der Waals surface area contributed by atoms with Gasteiger partial charge in [-0.15, -0.1) is 10.2 Å². The Bertz CT molecular complexity index is 899. The van der Waals surface area contributed by atoms with Gasteiger partial charge in [-0.1, -0.05) is 19.0 Å². The highest BCUT2D eigenvalue weighted by molar-refractivity contribution is 5.94.